The van der Waals surface area contributed by atoms with E-state index in [1.165, 1.54) is 11.1 Å². The molecule has 45 heavy (non-hydrogen) atoms. The maximum absolute atomic E-state index is 14.8. The average molecular weight is 667 g/mol. The van der Waals surface area contributed by atoms with Crippen LogP contribution in [0.25, 0.3) is 10.4 Å². The molecule has 6 rings (SSSR count). The van der Waals surface area contributed by atoms with Crippen molar-refractivity contribution in [1.29, 1.82) is 0 Å². The highest BCUT2D eigenvalue weighted by atomic mass is 79.9. The maximum atomic E-state index is 14.8. The van der Waals surface area contributed by atoms with E-state index < -0.39 is 11.6 Å². The second-order valence-electron chi connectivity index (χ2n) is 11.2. The first-order valence-electron chi connectivity index (χ1n) is 14.9. The van der Waals surface area contributed by atoms with Crippen molar-refractivity contribution in [3.05, 3.63) is 140 Å². The third-order valence-electron chi connectivity index (χ3n) is 8.21. The van der Waals surface area contributed by atoms with Gasteiger partial charge in [-0.2, -0.15) is 0 Å². The molecule has 10 heteroatoms. The number of nitrogens with zero attached hydrogens (tertiary/aromatic N) is 4. The number of hydrogen-bond acceptors (Lipinski definition) is 6. The fraction of sp³-hybridized carbons (Fsp3) is 0.257. The monoisotopic (exact) mass is 665 g/mol. The zero-order chi connectivity index (χ0) is 31.2. The van der Waals surface area contributed by atoms with Gasteiger partial charge >= 0.3 is 0 Å². The van der Waals surface area contributed by atoms with Gasteiger partial charge in [0.1, 0.15) is 5.75 Å². The number of rotatable bonds is 11. The molecule has 0 aromatic heterocycles. The van der Waals surface area contributed by atoms with Crippen LogP contribution in [0, 0.1) is 0 Å². The summed E-state index contributed by atoms with van der Waals surface area (Å²) in [5.74, 6) is 0.680. The molecule has 0 radical (unpaired) electrons. The van der Waals surface area contributed by atoms with Gasteiger partial charge in [0.2, 0.25) is 5.90 Å². The zero-order valence-electron chi connectivity index (χ0n) is 24.5. The molecule has 2 aliphatic rings. The Morgan fingerprint density at radius 1 is 1.02 bits per heavy atom. The van der Waals surface area contributed by atoms with E-state index in [1.807, 2.05) is 72.8 Å². The standard InChI is InChI=1S/C35H32BrN5O4/c36-30-12-5-3-10-26(30)22-35(34(43)38-27-20-24-8-1-2-9-25(24)21-27)32(29-11-4-6-13-31(29)40-41-37)45-33(39-35)23-14-16-28(17-15-23)44-19-7-18-42/h1-6,8-17,27,32,42H,7,18-22H2,(H,38,43)/t32-,35-/m1/s1. The Morgan fingerprint density at radius 3 is 2.42 bits per heavy atom. The smallest absolute Gasteiger partial charge is 0.252 e. The normalized spacial score (nSPS) is 18.8. The van der Waals surface area contributed by atoms with Gasteiger partial charge in [-0.05, 0) is 65.4 Å². The lowest BCUT2D eigenvalue weighted by Gasteiger charge is -2.32. The van der Waals surface area contributed by atoms with Crippen molar-refractivity contribution in [2.75, 3.05) is 13.2 Å². The number of aliphatic hydroxyl groups excluding tert-OH is 1. The minimum absolute atomic E-state index is 0.0516. The van der Waals surface area contributed by atoms with Gasteiger partial charge in [-0.15, -0.1) is 0 Å². The molecule has 1 amide bonds. The van der Waals surface area contributed by atoms with Gasteiger partial charge in [0.05, 0.1) is 6.61 Å². The molecule has 1 aliphatic heterocycles. The summed E-state index contributed by atoms with van der Waals surface area (Å²) in [6.45, 7) is 0.446. The second kappa shape index (κ2) is 13.6. The summed E-state index contributed by atoms with van der Waals surface area (Å²) in [4.78, 5) is 22.9. The fourth-order valence-electron chi connectivity index (χ4n) is 6.01. The van der Waals surface area contributed by atoms with Crippen molar-refractivity contribution in [2.24, 2.45) is 10.1 Å². The molecule has 0 unspecified atom stereocenters. The first-order valence-corrected chi connectivity index (χ1v) is 15.7. The summed E-state index contributed by atoms with van der Waals surface area (Å²) in [5.41, 5.74) is 12.9. The first kappa shape index (κ1) is 30.4. The summed E-state index contributed by atoms with van der Waals surface area (Å²) in [6.07, 6.45) is 1.30. The van der Waals surface area contributed by atoms with Gasteiger partial charge in [0.25, 0.3) is 5.91 Å². The lowest BCUT2D eigenvalue weighted by Crippen LogP contribution is -2.53. The van der Waals surface area contributed by atoms with Crippen molar-refractivity contribution in [2.45, 2.75) is 43.4 Å². The number of nitrogens with one attached hydrogen (secondary N) is 1. The lowest BCUT2D eigenvalue weighted by molar-refractivity contribution is -0.129. The van der Waals surface area contributed by atoms with Gasteiger partial charge in [-0.25, -0.2) is 4.99 Å². The number of carbonyl (C=O) groups excluding carboxylic acids is 1. The number of carbonyl (C=O) groups is 1. The highest BCUT2D eigenvalue weighted by Gasteiger charge is 2.54. The van der Waals surface area contributed by atoms with Crippen molar-refractivity contribution in [1.82, 2.24) is 5.32 Å². The summed E-state index contributed by atoms with van der Waals surface area (Å²) in [7, 11) is 0. The zero-order valence-corrected chi connectivity index (χ0v) is 26.1. The van der Waals surface area contributed by atoms with Crippen LogP contribution >= 0.6 is 15.9 Å². The van der Waals surface area contributed by atoms with E-state index in [2.05, 4.69) is 43.4 Å². The predicted octanol–water partition coefficient (Wildman–Crippen LogP) is 6.94. The van der Waals surface area contributed by atoms with Crippen molar-refractivity contribution < 1.29 is 19.4 Å². The molecule has 2 N–H and O–H groups in total. The Hall–Kier alpha value is -4.63. The molecule has 0 saturated carbocycles. The Balaban J connectivity index is 1.44. The van der Waals surface area contributed by atoms with Gasteiger partial charge in [0.15, 0.2) is 11.6 Å². The van der Waals surface area contributed by atoms with Crippen molar-refractivity contribution in [3.63, 3.8) is 0 Å². The number of aliphatic hydroxyl groups is 1. The molecule has 9 nitrogen and oxygen atoms in total. The molecule has 228 valence electrons. The van der Waals surface area contributed by atoms with E-state index in [1.54, 1.807) is 12.1 Å². The highest BCUT2D eigenvalue weighted by Crippen LogP contribution is 2.46. The van der Waals surface area contributed by atoms with Crippen LogP contribution in [0.5, 0.6) is 5.75 Å². The number of halogens is 1. The summed E-state index contributed by atoms with van der Waals surface area (Å²) in [6, 6.07) is 30.3. The molecule has 4 aromatic carbocycles. The highest BCUT2D eigenvalue weighted by molar-refractivity contribution is 9.10. The number of benzene rings is 4. The van der Waals surface area contributed by atoms with Crippen LogP contribution in [0.3, 0.4) is 0 Å². The van der Waals surface area contributed by atoms with Crippen LogP contribution in [-0.2, 0) is 28.8 Å². The van der Waals surface area contributed by atoms with Crippen molar-refractivity contribution in [3.8, 4) is 5.75 Å². The average Bonchev–Trinajstić information content (AvgIpc) is 3.65. The predicted molar refractivity (Wildman–Crippen MR) is 176 cm³/mol. The minimum atomic E-state index is -1.44. The molecule has 1 aliphatic carbocycles. The summed E-state index contributed by atoms with van der Waals surface area (Å²) in [5, 5.41) is 16.4. The Morgan fingerprint density at radius 2 is 1.71 bits per heavy atom. The quantitative estimate of drug-likeness (QED) is 0.0778. The Bertz CT molecular complexity index is 1750. The third-order valence-corrected chi connectivity index (χ3v) is 8.98. The largest absolute Gasteiger partial charge is 0.494 e. The molecule has 0 saturated heterocycles. The molecule has 4 aromatic rings. The number of fused-ring (bicyclic) bond motifs is 1. The molecular weight excluding hydrogens is 634 g/mol. The number of aliphatic imine (C=N–C) groups is 1. The van der Waals surface area contributed by atoms with E-state index in [4.69, 9.17) is 19.6 Å². The van der Waals surface area contributed by atoms with Crippen LogP contribution in [0.4, 0.5) is 5.69 Å². The van der Waals surface area contributed by atoms with Crippen molar-refractivity contribution >= 4 is 33.4 Å². The number of hydrogen-bond donors (Lipinski definition) is 2. The number of amides is 1. The van der Waals surface area contributed by atoms with Crippen LogP contribution in [0.15, 0.2) is 112 Å². The summed E-state index contributed by atoms with van der Waals surface area (Å²) < 4.78 is 13.2. The first-order chi connectivity index (χ1) is 22.0. The molecule has 0 spiro atoms. The molecule has 2 atom stereocenters. The van der Waals surface area contributed by atoms with Gasteiger partial charge in [-0.3, -0.25) is 4.79 Å². The molecule has 1 heterocycles. The number of ether oxygens (including phenoxy) is 2. The lowest BCUT2D eigenvalue weighted by atomic mass is 9.81. The van der Waals surface area contributed by atoms with Gasteiger partial charge < -0.3 is 19.9 Å². The van der Waals surface area contributed by atoms with Crippen LogP contribution in [-0.4, -0.2) is 41.7 Å². The van der Waals surface area contributed by atoms with E-state index in [0.29, 0.717) is 41.5 Å². The number of azide groups is 1. The molecule has 0 bridgehead atoms. The van der Waals surface area contributed by atoms with E-state index >= 15 is 0 Å². The van der Waals surface area contributed by atoms with Gasteiger partial charge in [0, 0.05) is 51.7 Å². The fourth-order valence-corrected chi connectivity index (χ4v) is 6.44. The van der Waals surface area contributed by atoms with Gasteiger partial charge in [-0.1, -0.05) is 87.8 Å². The molecule has 0 fully saturated rings. The van der Waals surface area contributed by atoms with E-state index in [0.717, 1.165) is 22.9 Å². The Labute approximate surface area is 269 Å². The molecular formula is C35H32BrN5O4. The Kier molecular flexibility index (Phi) is 9.16. The van der Waals surface area contributed by atoms with E-state index in [9.17, 15) is 10.3 Å². The van der Waals surface area contributed by atoms with E-state index in [-0.39, 0.29) is 25.0 Å². The minimum Gasteiger partial charge on any atom is -0.494 e. The van der Waals surface area contributed by atoms with Crippen LogP contribution in [0.2, 0.25) is 0 Å². The summed E-state index contributed by atoms with van der Waals surface area (Å²) >= 11 is 3.68. The maximum Gasteiger partial charge on any atom is 0.252 e. The SMILES string of the molecule is [N-]=[N+]=Nc1ccccc1[C@H]1OC(c2ccc(OCCCO)cc2)=N[C@@]1(Cc1ccccc1Br)C(=O)NC1Cc2ccccc2C1. The van der Waals surface area contributed by atoms with Crippen LogP contribution < -0.4 is 10.1 Å². The van der Waals surface area contributed by atoms with Crippen LogP contribution in [0.1, 0.15) is 40.3 Å². The third kappa shape index (κ3) is 6.44. The topological polar surface area (TPSA) is 129 Å². The second-order valence-corrected chi connectivity index (χ2v) is 12.0.